The van der Waals surface area contributed by atoms with E-state index in [1.165, 1.54) is 11.1 Å². The van der Waals surface area contributed by atoms with Crippen molar-refractivity contribution in [1.29, 1.82) is 0 Å². The van der Waals surface area contributed by atoms with E-state index in [1.807, 2.05) is 12.1 Å². The summed E-state index contributed by atoms with van der Waals surface area (Å²) in [6.45, 7) is 0. The first-order valence-electron chi connectivity index (χ1n) is 9.38. The molecule has 4 rings (SSSR count). The quantitative estimate of drug-likeness (QED) is 0.403. The lowest BCUT2D eigenvalue weighted by atomic mass is 9.88. The number of phenolic OH excluding ortho intramolecular Hbond substituents is 1. The molecule has 0 atom stereocenters. The SMILES string of the molecule is O=c1c2cc(Br)ccc2nc(C2CCCCC2)n1N=Cc1cc(Cl)c(O)c(Br)c1. The molecule has 0 bridgehead atoms. The molecule has 8 heteroatoms. The molecule has 0 spiro atoms. The van der Waals surface area contributed by atoms with Gasteiger partial charge < -0.3 is 5.11 Å². The van der Waals surface area contributed by atoms with Crippen molar-refractivity contribution in [3.05, 3.63) is 66.0 Å². The van der Waals surface area contributed by atoms with Crippen LogP contribution in [-0.2, 0) is 0 Å². The number of phenols is 1. The smallest absolute Gasteiger partial charge is 0.282 e. The molecular formula is C21H18Br2ClN3O2. The molecule has 1 aliphatic rings. The van der Waals surface area contributed by atoms with E-state index in [0.29, 0.717) is 26.8 Å². The van der Waals surface area contributed by atoms with E-state index in [9.17, 15) is 9.90 Å². The second-order valence-corrected chi connectivity index (χ2v) is 9.34. The van der Waals surface area contributed by atoms with E-state index in [4.69, 9.17) is 16.6 Å². The number of rotatable bonds is 3. The maximum Gasteiger partial charge on any atom is 0.282 e. The van der Waals surface area contributed by atoms with Gasteiger partial charge in [0, 0.05) is 10.4 Å². The fourth-order valence-electron chi connectivity index (χ4n) is 3.69. The molecule has 0 radical (unpaired) electrons. The summed E-state index contributed by atoms with van der Waals surface area (Å²) in [6.07, 6.45) is 7.04. The molecule has 29 heavy (non-hydrogen) atoms. The number of halogens is 3. The van der Waals surface area contributed by atoms with Crippen LogP contribution in [0, 0.1) is 0 Å². The first-order valence-corrected chi connectivity index (χ1v) is 11.3. The molecule has 3 aromatic rings. The van der Waals surface area contributed by atoms with Crippen LogP contribution in [0.1, 0.15) is 49.4 Å². The molecule has 0 aliphatic heterocycles. The van der Waals surface area contributed by atoms with Crippen molar-refractivity contribution in [3.63, 3.8) is 0 Å². The Morgan fingerprint density at radius 3 is 2.66 bits per heavy atom. The molecule has 0 amide bonds. The van der Waals surface area contributed by atoms with Gasteiger partial charge in [-0.05, 0) is 64.7 Å². The van der Waals surface area contributed by atoms with Gasteiger partial charge in [-0.2, -0.15) is 9.78 Å². The van der Waals surface area contributed by atoms with Crippen LogP contribution in [0.25, 0.3) is 10.9 Å². The number of aromatic nitrogens is 2. The minimum absolute atomic E-state index is 0.0268. The Kier molecular flexibility index (Phi) is 6.08. The lowest BCUT2D eigenvalue weighted by Gasteiger charge is -2.22. The molecule has 0 unspecified atom stereocenters. The number of aromatic hydroxyl groups is 1. The van der Waals surface area contributed by atoms with Gasteiger partial charge in [0.05, 0.1) is 26.6 Å². The van der Waals surface area contributed by atoms with Gasteiger partial charge in [0.1, 0.15) is 11.6 Å². The molecule has 1 fully saturated rings. The summed E-state index contributed by atoms with van der Waals surface area (Å²) in [5.41, 5.74) is 1.15. The molecule has 1 aliphatic carbocycles. The van der Waals surface area contributed by atoms with Gasteiger partial charge in [0.2, 0.25) is 0 Å². The Bertz CT molecular complexity index is 1150. The average Bonchev–Trinajstić information content (AvgIpc) is 2.72. The van der Waals surface area contributed by atoms with Crippen LogP contribution in [-0.4, -0.2) is 21.0 Å². The second-order valence-electron chi connectivity index (χ2n) is 7.16. The zero-order chi connectivity index (χ0) is 20.5. The zero-order valence-electron chi connectivity index (χ0n) is 15.4. The molecule has 5 nitrogen and oxygen atoms in total. The highest BCUT2D eigenvalue weighted by Gasteiger charge is 2.22. The first kappa shape index (κ1) is 20.6. The topological polar surface area (TPSA) is 67.5 Å². The molecule has 1 heterocycles. The number of hydrogen-bond acceptors (Lipinski definition) is 4. The average molecular weight is 540 g/mol. The van der Waals surface area contributed by atoms with Crippen molar-refractivity contribution >= 4 is 60.6 Å². The summed E-state index contributed by atoms with van der Waals surface area (Å²) >= 11 is 12.8. The summed E-state index contributed by atoms with van der Waals surface area (Å²) in [5, 5.41) is 15.0. The summed E-state index contributed by atoms with van der Waals surface area (Å²) in [7, 11) is 0. The van der Waals surface area contributed by atoms with Crippen molar-refractivity contribution < 1.29 is 5.11 Å². The maximum atomic E-state index is 13.3. The van der Waals surface area contributed by atoms with Crippen molar-refractivity contribution in [1.82, 2.24) is 9.66 Å². The van der Waals surface area contributed by atoms with Gasteiger partial charge in [-0.1, -0.05) is 46.8 Å². The minimum Gasteiger partial charge on any atom is -0.505 e. The van der Waals surface area contributed by atoms with E-state index < -0.39 is 0 Å². The van der Waals surface area contributed by atoms with Crippen LogP contribution in [0.15, 0.2) is 49.2 Å². The molecule has 1 saturated carbocycles. The van der Waals surface area contributed by atoms with E-state index in [2.05, 4.69) is 37.0 Å². The Hall–Kier alpha value is -1.70. The number of nitrogens with zero attached hydrogens (tertiary/aromatic N) is 3. The lowest BCUT2D eigenvalue weighted by Crippen LogP contribution is -2.25. The fourth-order valence-corrected chi connectivity index (χ4v) is 4.87. The fraction of sp³-hybridized carbons (Fsp3) is 0.286. The Morgan fingerprint density at radius 1 is 1.17 bits per heavy atom. The third-order valence-electron chi connectivity index (χ3n) is 5.17. The standard InChI is InChI=1S/C21H18Br2ClN3O2/c22-14-6-7-18-15(10-14)21(29)27(20(26-18)13-4-2-1-3-5-13)25-11-12-8-16(23)19(28)17(24)9-12/h6-11,13,28H,1-5H2. The van der Waals surface area contributed by atoms with Crippen LogP contribution in [0.3, 0.4) is 0 Å². The molecule has 2 aromatic carbocycles. The van der Waals surface area contributed by atoms with E-state index in [-0.39, 0.29) is 22.2 Å². The van der Waals surface area contributed by atoms with Crippen LogP contribution in [0.4, 0.5) is 0 Å². The highest BCUT2D eigenvalue weighted by molar-refractivity contribution is 9.10. The molecular weight excluding hydrogens is 522 g/mol. The van der Waals surface area contributed by atoms with Gasteiger partial charge >= 0.3 is 0 Å². The summed E-state index contributed by atoms with van der Waals surface area (Å²) in [6, 6.07) is 8.82. The predicted octanol–water partition coefficient (Wildman–Crippen LogP) is 6.21. The summed E-state index contributed by atoms with van der Waals surface area (Å²) in [4.78, 5) is 18.1. The number of benzene rings is 2. The largest absolute Gasteiger partial charge is 0.505 e. The number of fused-ring (bicyclic) bond motifs is 1. The Labute approximate surface area is 189 Å². The van der Waals surface area contributed by atoms with Gasteiger partial charge in [0.15, 0.2) is 0 Å². The van der Waals surface area contributed by atoms with Gasteiger partial charge in [-0.15, -0.1) is 0 Å². The first-order chi connectivity index (χ1) is 13.9. The van der Waals surface area contributed by atoms with Gasteiger partial charge in [0.25, 0.3) is 5.56 Å². The van der Waals surface area contributed by atoms with Crippen LogP contribution < -0.4 is 5.56 Å². The Balaban J connectivity index is 1.86. The van der Waals surface area contributed by atoms with Crippen LogP contribution in [0.5, 0.6) is 5.75 Å². The third-order valence-corrected chi connectivity index (χ3v) is 6.55. The lowest BCUT2D eigenvalue weighted by molar-refractivity contribution is 0.416. The second kappa shape index (κ2) is 8.58. The highest BCUT2D eigenvalue weighted by Crippen LogP contribution is 2.33. The van der Waals surface area contributed by atoms with Crippen LogP contribution in [0.2, 0.25) is 5.02 Å². The monoisotopic (exact) mass is 537 g/mol. The van der Waals surface area contributed by atoms with Crippen molar-refractivity contribution in [3.8, 4) is 5.75 Å². The van der Waals surface area contributed by atoms with Crippen molar-refractivity contribution in [2.75, 3.05) is 0 Å². The summed E-state index contributed by atoms with van der Waals surface area (Å²) in [5.74, 6) is 0.877. The van der Waals surface area contributed by atoms with Crippen molar-refractivity contribution in [2.45, 2.75) is 38.0 Å². The van der Waals surface area contributed by atoms with Gasteiger partial charge in [-0.25, -0.2) is 4.98 Å². The normalized spacial score (nSPS) is 15.4. The zero-order valence-corrected chi connectivity index (χ0v) is 19.3. The Morgan fingerprint density at radius 2 is 1.93 bits per heavy atom. The summed E-state index contributed by atoms with van der Waals surface area (Å²) < 4.78 is 2.70. The van der Waals surface area contributed by atoms with Gasteiger partial charge in [-0.3, -0.25) is 4.79 Å². The van der Waals surface area contributed by atoms with Crippen LogP contribution >= 0.6 is 43.5 Å². The highest BCUT2D eigenvalue weighted by atomic mass is 79.9. The maximum absolute atomic E-state index is 13.3. The molecule has 150 valence electrons. The van der Waals surface area contributed by atoms with Crippen molar-refractivity contribution in [2.24, 2.45) is 5.10 Å². The minimum atomic E-state index is -0.197. The van der Waals surface area contributed by atoms with E-state index >= 15 is 0 Å². The predicted molar refractivity (Wildman–Crippen MR) is 123 cm³/mol. The van der Waals surface area contributed by atoms with E-state index in [1.54, 1.807) is 24.4 Å². The number of hydrogen-bond donors (Lipinski definition) is 1. The molecule has 1 aromatic heterocycles. The third kappa shape index (κ3) is 4.27. The molecule has 0 saturated heterocycles. The molecule has 1 N–H and O–H groups in total. The van der Waals surface area contributed by atoms with E-state index in [0.717, 1.165) is 30.2 Å².